The zero-order valence-corrected chi connectivity index (χ0v) is 23.4. The summed E-state index contributed by atoms with van der Waals surface area (Å²) in [7, 11) is 0. The molecular formula is C33H45NO2. The molecule has 0 amide bonds. The van der Waals surface area contributed by atoms with Gasteiger partial charge in [-0.1, -0.05) is 58.9 Å². The van der Waals surface area contributed by atoms with Gasteiger partial charge in [0.15, 0.2) is 5.76 Å². The zero-order valence-electron chi connectivity index (χ0n) is 23.4. The van der Waals surface area contributed by atoms with Gasteiger partial charge >= 0.3 is 0 Å². The highest BCUT2D eigenvalue weighted by Crippen LogP contribution is 2.75. The van der Waals surface area contributed by atoms with Crippen LogP contribution < -0.4 is 0 Å². The molecule has 0 radical (unpaired) electrons. The van der Waals surface area contributed by atoms with Crippen molar-refractivity contribution in [3.63, 3.8) is 0 Å². The fourth-order valence-electron chi connectivity index (χ4n) is 9.69. The fourth-order valence-corrected chi connectivity index (χ4v) is 9.69. The molecule has 1 aliphatic heterocycles. The van der Waals surface area contributed by atoms with Crippen LogP contribution in [0.1, 0.15) is 92.9 Å². The van der Waals surface area contributed by atoms with Crippen LogP contribution in [0.4, 0.5) is 0 Å². The minimum Gasteiger partial charge on any atom is -0.504 e. The van der Waals surface area contributed by atoms with E-state index >= 15 is 0 Å². The Labute approximate surface area is 218 Å². The lowest BCUT2D eigenvalue weighted by Gasteiger charge is -2.70. The molecule has 1 saturated heterocycles. The van der Waals surface area contributed by atoms with E-state index in [1.54, 1.807) is 6.08 Å². The predicted molar refractivity (Wildman–Crippen MR) is 146 cm³/mol. The summed E-state index contributed by atoms with van der Waals surface area (Å²) in [6.07, 6.45) is 16.2. The molecular weight excluding hydrogens is 442 g/mol. The molecule has 6 atom stereocenters. The first kappa shape index (κ1) is 24.3. The van der Waals surface area contributed by atoms with Gasteiger partial charge < -0.3 is 10.0 Å². The molecule has 1 heterocycles. The molecule has 1 N–H and O–H groups in total. The summed E-state index contributed by atoms with van der Waals surface area (Å²) in [5, 5.41) is 10.4. The lowest BCUT2D eigenvalue weighted by molar-refractivity contribution is -0.159. The lowest BCUT2D eigenvalue weighted by Crippen LogP contribution is -2.62. The van der Waals surface area contributed by atoms with Gasteiger partial charge in [0.1, 0.15) is 0 Å². The predicted octanol–water partition coefficient (Wildman–Crippen LogP) is 7.83. The van der Waals surface area contributed by atoms with Crippen molar-refractivity contribution in [2.75, 3.05) is 13.1 Å². The first-order chi connectivity index (χ1) is 16.8. The van der Waals surface area contributed by atoms with Crippen LogP contribution in [0.25, 0.3) is 0 Å². The van der Waals surface area contributed by atoms with E-state index in [-0.39, 0.29) is 33.2 Å². The summed E-state index contributed by atoms with van der Waals surface area (Å²) in [5.74, 6) is 0.336. The van der Waals surface area contributed by atoms with Gasteiger partial charge in [0.05, 0.1) is 0 Å². The van der Waals surface area contributed by atoms with Crippen LogP contribution in [-0.4, -0.2) is 28.9 Å². The SMILES string of the molecule is C=C(N1CCC1)[C@]1(C)CC[C@]2(C)CC[C@]3(C)C4=CC=C5C(=CC(=O)C(O)=C5C)[C@]4(C)CC[C@@]3(C)[C@@H]2C1. The molecule has 5 aliphatic carbocycles. The molecule has 0 aromatic carbocycles. The Hall–Kier alpha value is -2.03. The molecule has 3 saturated carbocycles. The van der Waals surface area contributed by atoms with Crippen molar-refractivity contribution in [1.29, 1.82) is 0 Å². The van der Waals surface area contributed by atoms with Crippen molar-refractivity contribution in [3.05, 3.63) is 58.6 Å². The van der Waals surface area contributed by atoms with Gasteiger partial charge in [0.25, 0.3) is 0 Å². The van der Waals surface area contributed by atoms with Crippen LogP contribution in [0.3, 0.4) is 0 Å². The average Bonchev–Trinajstić information content (AvgIpc) is 2.80. The topological polar surface area (TPSA) is 40.5 Å². The van der Waals surface area contributed by atoms with Crippen molar-refractivity contribution < 1.29 is 9.90 Å². The second-order valence-electron chi connectivity index (χ2n) is 14.4. The van der Waals surface area contributed by atoms with E-state index < -0.39 is 0 Å². The number of aliphatic hydroxyl groups is 1. The molecule has 3 heteroatoms. The van der Waals surface area contributed by atoms with Crippen LogP contribution in [0.5, 0.6) is 0 Å². The van der Waals surface area contributed by atoms with Gasteiger partial charge in [0.2, 0.25) is 5.78 Å². The van der Waals surface area contributed by atoms with Crippen molar-refractivity contribution in [3.8, 4) is 0 Å². The van der Waals surface area contributed by atoms with E-state index in [1.165, 1.54) is 69.3 Å². The molecule has 0 aromatic heterocycles. The Morgan fingerprint density at radius 2 is 1.69 bits per heavy atom. The van der Waals surface area contributed by atoms with E-state index in [0.717, 1.165) is 23.1 Å². The first-order valence-corrected chi connectivity index (χ1v) is 14.3. The number of nitrogens with zero attached hydrogens (tertiary/aromatic N) is 1. The number of carbonyl (C=O) groups excluding carboxylic acids is 1. The van der Waals surface area contributed by atoms with E-state index in [1.807, 2.05) is 6.92 Å². The van der Waals surface area contributed by atoms with Gasteiger partial charge in [-0.15, -0.1) is 0 Å². The van der Waals surface area contributed by atoms with Crippen LogP contribution in [-0.2, 0) is 4.79 Å². The number of aliphatic hydroxyl groups excluding tert-OH is 1. The molecule has 0 bridgehead atoms. The molecule has 0 spiro atoms. The standard InChI is InChI=1S/C33H45NO2/c1-21-23-9-10-26-31(5,24(23)19-25(35)28(21)36)14-16-33(7)27-20-30(4,22(2)34-17-8-18-34)12-11-29(27,3)13-15-32(26,33)6/h9-10,19,27,36H,2,8,11-18,20H2,1,3-7H3/t27-,29-,30-,31+,32-,33+/m1/s1. The van der Waals surface area contributed by atoms with Crippen LogP contribution in [0, 0.1) is 33.0 Å². The van der Waals surface area contributed by atoms with Crippen LogP contribution >= 0.6 is 0 Å². The number of carbonyl (C=O) groups is 1. The molecule has 0 aromatic rings. The van der Waals surface area contributed by atoms with E-state index in [4.69, 9.17) is 0 Å². The first-order valence-electron chi connectivity index (χ1n) is 14.3. The number of allylic oxidation sites excluding steroid dienone is 8. The lowest BCUT2D eigenvalue weighted by atomic mass is 9.34. The second kappa shape index (κ2) is 7.29. The minimum absolute atomic E-state index is 0.0868. The molecule has 6 aliphatic rings. The maximum atomic E-state index is 12.7. The fraction of sp³-hybridized carbons (Fsp3) is 0.667. The van der Waals surface area contributed by atoms with Gasteiger partial charge in [-0.25, -0.2) is 0 Å². The Balaban J connectivity index is 1.43. The van der Waals surface area contributed by atoms with Gasteiger partial charge in [-0.05, 0) is 97.7 Å². The highest BCUT2D eigenvalue weighted by Gasteiger charge is 2.67. The van der Waals surface area contributed by atoms with E-state index in [2.05, 4.69) is 58.2 Å². The molecule has 36 heavy (non-hydrogen) atoms. The van der Waals surface area contributed by atoms with Crippen molar-refractivity contribution in [2.45, 2.75) is 92.9 Å². The Kier molecular flexibility index (Phi) is 4.93. The monoisotopic (exact) mass is 487 g/mol. The summed E-state index contributed by atoms with van der Waals surface area (Å²) in [6.45, 7) is 21.6. The summed E-state index contributed by atoms with van der Waals surface area (Å²) in [4.78, 5) is 15.2. The van der Waals surface area contributed by atoms with Crippen molar-refractivity contribution in [2.24, 2.45) is 33.0 Å². The maximum Gasteiger partial charge on any atom is 0.220 e. The number of hydrogen-bond acceptors (Lipinski definition) is 3. The quantitative estimate of drug-likeness (QED) is 0.431. The third-order valence-corrected chi connectivity index (χ3v) is 12.8. The molecule has 3 nitrogen and oxygen atoms in total. The van der Waals surface area contributed by atoms with Gasteiger partial charge in [0, 0.05) is 35.2 Å². The highest BCUT2D eigenvalue weighted by molar-refractivity contribution is 6.06. The second-order valence-corrected chi connectivity index (χ2v) is 14.4. The van der Waals surface area contributed by atoms with Crippen LogP contribution in [0.15, 0.2) is 58.6 Å². The van der Waals surface area contributed by atoms with E-state index in [9.17, 15) is 9.90 Å². The molecule has 194 valence electrons. The average molecular weight is 488 g/mol. The van der Waals surface area contributed by atoms with E-state index in [0.29, 0.717) is 11.3 Å². The molecule has 4 fully saturated rings. The maximum absolute atomic E-state index is 12.7. The number of fused-ring (bicyclic) bond motifs is 7. The largest absolute Gasteiger partial charge is 0.504 e. The zero-order chi connectivity index (χ0) is 25.9. The Morgan fingerprint density at radius 1 is 1.00 bits per heavy atom. The van der Waals surface area contributed by atoms with Gasteiger partial charge in [-0.2, -0.15) is 0 Å². The van der Waals surface area contributed by atoms with Gasteiger partial charge in [-0.3, -0.25) is 4.79 Å². The number of rotatable bonds is 2. The van der Waals surface area contributed by atoms with Crippen molar-refractivity contribution >= 4 is 5.78 Å². The summed E-state index contributed by atoms with van der Waals surface area (Å²) >= 11 is 0. The highest BCUT2D eigenvalue weighted by atomic mass is 16.3. The smallest absolute Gasteiger partial charge is 0.220 e. The number of hydrogen-bond donors (Lipinski definition) is 1. The summed E-state index contributed by atoms with van der Waals surface area (Å²) in [6, 6.07) is 0. The number of likely N-dealkylation sites (tertiary alicyclic amines) is 1. The Bertz CT molecular complexity index is 1200. The summed E-state index contributed by atoms with van der Waals surface area (Å²) < 4.78 is 0. The Morgan fingerprint density at radius 3 is 2.36 bits per heavy atom. The number of ketones is 1. The molecule has 0 unspecified atom stereocenters. The van der Waals surface area contributed by atoms with Crippen LogP contribution in [0.2, 0.25) is 0 Å². The molecule has 6 rings (SSSR count). The third kappa shape index (κ3) is 2.84. The summed E-state index contributed by atoms with van der Waals surface area (Å²) in [5.41, 5.74) is 6.57. The third-order valence-electron chi connectivity index (χ3n) is 12.8. The normalized spacial score (nSPS) is 45.8. The van der Waals surface area contributed by atoms with Crippen molar-refractivity contribution in [1.82, 2.24) is 4.90 Å². The minimum atomic E-state index is -0.232.